The summed E-state index contributed by atoms with van der Waals surface area (Å²) in [5.41, 5.74) is 0. The molecule has 0 aromatic rings. The van der Waals surface area contributed by atoms with Crippen LogP contribution in [0.2, 0.25) is 0 Å². The molecular formula is C16H38. The van der Waals surface area contributed by atoms with Gasteiger partial charge in [-0.05, 0) is 5.92 Å². The summed E-state index contributed by atoms with van der Waals surface area (Å²) in [5, 5.41) is 0. The molecule has 0 aromatic carbocycles. The number of unbranched alkanes of at least 4 members (excludes halogenated alkanes) is 4. The third kappa shape index (κ3) is 29.2. The topological polar surface area (TPSA) is 0 Å². The van der Waals surface area contributed by atoms with Crippen LogP contribution in [0.15, 0.2) is 0 Å². The molecule has 0 aliphatic carbocycles. The molecule has 0 rings (SSSR count). The molecule has 16 heavy (non-hydrogen) atoms. The van der Waals surface area contributed by atoms with Crippen molar-refractivity contribution in [2.24, 2.45) is 5.92 Å². The molecule has 0 radical (unpaired) electrons. The van der Waals surface area contributed by atoms with Gasteiger partial charge in [0.15, 0.2) is 0 Å². The molecule has 0 saturated carbocycles. The van der Waals surface area contributed by atoms with E-state index in [0.717, 1.165) is 5.92 Å². The molecule has 0 heteroatoms. The zero-order chi connectivity index (χ0) is 13.2. The molecule has 0 heterocycles. The largest absolute Gasteiger partial charge is 0.0683 e. The maximum absolute atomic E-state index is 2.31. The van der Waals surface area contributed by atoms with Gasteiger partial charge in [0.1, 0.15) is 0 Å². The smallest absolute Gasteiger partial charge is 0.0446 e. The van der Waals surface area contributed by atoms with Crippen molar-refractivity contribution in [2.75, 3.05) is 0 Å². The minimum absolute atomic E-state index is 0.949. The Balaban J connectivity index is -0.000000183. The number of hydrogen-bond acceptors (Lipinski definition) is 0. The minimum Gasteiger partial charge on any atom is -0.0683 e. The lowest BCUT2D eigenvalue weighted by atomic mass is 10.0. The Morgan fingerprint density at radius 2 is 1.12 bits per heavy atom. The fourth-order valence-corrected chi connectivity index (χ4v) is 1.37. The first-order chi connectivity index (χ1) is 7.72. The first-order valence-electron chi connectivity index (χ1n) is 7.72. The molecular weight excluding hydrogens is 192 g/mol. The van der Waals surface area contributed by atoms with E-state index in [9.17, 15) is 0 Å². The molecule has 0 bridgehead atoms. The van der Waals surface area contributed by atoms with Gasteiger partial charge in [-0.1, -0.05) is 99.8 Å². The van der Waals surface area contributed by atoms with E-state index in [1.165, 1.54) is 51.4 Å². The van der Waals surface area contributed by atoms with Crippen LogP contribution >= 0.6 is 0 Å². The number of hydrogen-bond donors (Lipinski definition) is 0. The molecule has 1 unspecified atom stereocenters. The SMILES string of the molecule is CC.CCCC(C)CC.CCCCCCC. The monoisotopic (exact) mass is 230 g/mol. The maximum Gasteiger partial charge on any atom is -0.0446 e. The van der Waals surface area contributed by atoms with Gasteiger partial charge in [0.05, 0.1) is 0 Å². The second-order valence-corrected chi connectivity index (χ2v) is 4.36. The van der Waals surface area contributed by atoms with Gasteiger partial charge in [0.25, 0.3) is 0 Å². The molecule has 0 saturated heterocycles. The highest BCUT2D eigenvalue weighted by atomic mass is 14.0. The predicted molar refractivity (Wildman–Crippen MR) is 80.1 cm³/mol. The highest BCUT2D eigenvalue weighted by molar-refractivity contribution is 4.45. The van der Waals surface area contributed by atoms with Crippen molar-refractivity contribution in [3.63, 3.8) is 0 Å². The molecule has 0 amide bonds. The Hall–Kier alpha value is 0. The van der Waals surface area contributed by atoms with Crippen LogP contribution in [0.4, 0.5) is 0 Å². The quantitative estimate of drug-likeness (QED) is 0.420. The highest BCUT2D eigenvalue weighted by Gasteiger charge is 1.92. The van der Waals surface area contributed by atoms with Crippen molar-refractivity contribution in [1.82, 2.24) is 0 Å². The molecule has 0 N–H and O–H groups in total. The highest BCUT2D eigenvalue weighted by Crippen LogP contribution is 2.07. The first kappa shape index (κ1) is 21.3. The summed E-state index contributed by atoms with van der Waals surface area (Å²) in [6.45, 7) is 15.3. The summed E-state index contributed by atoms with van der Waals surface area (Å²) in [5.74, 6) is 0.949. The van der Waals surface area contributed by atoms with Crippen LogP contribution in [0.5, 0.6) is 0 Å². The van der Waals surface area contributed by atoms with E-state index in [1.54, 1.807) is 0 Å². The molecule has 0 aliphatic heterocycles. The van der Waals surface area contributed by atoms with Crippen molar-refractivity contribution < 1.29 is 0 Å². The Kier molecular flexibility index (Phi) is 32.3. The first-order valence-corrected chi connectivity index (χ1v) is 7.72. The van der Waals surface area contributed by atoms with Crippen molar-refractivity contribution in [2.45, 2.75) is 99.8 Å². The summed E-state index contributed by atoms with van der Waals surface area (Å²) in [7, 11) is 0. The lowest BCUT2D eigenvalue weighted by Gasteiger charge is -2.02. The predicted octanol–water partition coefficient (Wildman–Crippen LogP) is 6.84. The lowest BCUT2D eigenvalue weighted by molar-refractivity contribution is 0.509. The second-order valence-electron chi connectivity index (χ2n) is 4.36. The van der Waals surface area contributed by atoms with Gasteiger partial charge >= 0.3 is 0 Å². The van der Waals surface area contributed by atoms with E-state index in [4.69, 9.17) is 0 Å². The third-order valence-corrected chi connectivity index (χ3v) is 2.69. The standard InChI is InChI=1S/2C7H16.C2H6/c1-4-6-7(3)5-2;1-3-5-7-6-4-2;1-2/h7H,4-6H2,1-3H3;3-7H2,1-2H3;1-2H3. The van der Waals surface area contributed by atoms with Crippen LogP contribution in [0.25, 0.3) is 0 Å². The third-order valence-electron chi connectivity index (χ3n) is 2.69. The minimum atomic E-state index is 0.949. The molecule has 0 nitrogen and oxygen atoms in total. The normalized spacial score (nSPS) is 10.7. The van der Waals surface area contributed by atoms with Gasteiger partial charge in [0.2, 0.25) is 0 Å². The van der Waals surface area contributed by atoms with Gasteiger partial charge in [-0.2, -0.15) is 0 Å². The fraction of sp³-hybridized carbons (Fsp3) is 1.00. The molecule has 1 atom stereocenters. The average molecular weight is 230 g/mol. The van der Waals surface area contributed by atoms with E-state index in [1.807, 2.05) is 13.8 Å². The lowest BCUT2D eigenvalue weighted by Crippen LogP contribution is -1.88. The zero-order valence-corrected chi connectivity index (χ0v) is 13.2. The molecule has 0 aromatic heterocycles. The maximum atomic E-state index is 2.31. The van der Waals surface area contributed by atoms with Crippen molar-refractivity contribution >= 4 is 0 Å². The van der Waals surface area contributed by atoms with Crippen LogP contribution < -0.4 is 0 Å². The summed E-state index contributed by atoms with van der Waals surface area (Å²) in [6.07, 6.45) is 11.1. The van der Waals surface area contributed by atoms with Crippen LogP contribution in [0.1, 0.15) is 99.8 Å². The van der Waals surface area contributed by atoms with Crippen LogP contribution in [-0.4, -0.2) is 0 Å². The molecule has 0 spiro atoms. The Bertz CT molecular complexity index is 72.1. The summed E-state index contributed by atoms with van der Waals surface area (Å²) >= 11 is 0. The summed E-state index contributed by atoms with van der Waals surface area (Å²) < 4.78 is 0. The van der Waals surface area contributed by atoms with E-state index >= 15 is 0 Å². The Labute approximate surface area is 106 Å². The molecule has 102 valence electrons. The van der Waals surface area contributed by atoms with E-state index in [2.05, 4.69) is 34.6 Å². The summed E-state index contributed by atoms with van der Waals surface area (Å²) in [6, 6.07) is 0. The zero-order valence-electron chi connectivity index (χ0n) is 13.2. The van der Waals surface area contributed by atoms with Crippen molar-refractivity contribution in [3.05, 3.63) is 0 Å². The Morgan fingerprint density at radius 3 is 1.31 bits per heavy atom. The fourth-order valence-electron chi connectivity index (χ4n) is 1.37. The van der Waals surface area contributed by atoms with Crippen LogP contribution in [-0.2, 0) is 0 Å². The van der Waals surface area contributed by atoms with E-state index in [-0.39, 0.29) is 0 Å². The summed E-state index contributed by atoms with van der Waals surface area (Å²) in [4.78, 5) is 0. The van der Waals surface area contributed by atoms with Crippen LogP contribution in [0, 0.1) is 5.92 Å². The van der Waals surface area contributed by atoms with Gasteiger partial charge in [-0.25, -0.2) is 0 Å². The second kappa shape index (κ2) is 24.3. The number of rotatable bonds is 7. The van der Waals surface area contributed by atoms with Crippen LogP contribution in [0.3, 0.4) is 0 Å². The Morgan fingerprint density at radius 1 is 0.688 bits per heavy atom. The van der Waals surface area contributed by atoms with E-state index < -0.39 is 0 Å². The van der Waals surface area contributed by atoms with Gasteiger partial charge in [-0.3, -0.25) is 0 Å². The molecule has 0 aliphatic rings. The van der Waals surface area contributed by atoms with Gasteiger partial charge < -0.3 is 0 Å². The van der Waals surface area contributed by atoms with Crippen molar-refractivity contribution in [3.8, 4) is 0 Å². The molecule has 0 fully saturated rings. The average Bonchev–Trinajstić information content (AvgIpc) is 2.33. The van der Waals surface area contributed by atoms with Gasteiger partial charge in [0, 0.05) is 0 Å². The van der Waals surface area contributed by atoms with E-state index in [0.29, 0.717) is 0 Å². The van der Waals surface area contributed by atoms with Crippen molar-refractivity contribution in [1.29, 1.82) is 0 Å². The van der Waals surface area contributed by atoms with Gasteiger partial charge in [-0.15, -0.1) is 0 Å².